The van der Waals surface area contributed by atoms with Crippen LogP contribution in [0.2, 0.25) is 5.02 Å². The Bertz CT molecular complexity index is 1150. The minimum Gasteiger partial charge on any atom is -0.384 e. The Morgan fingerprint density at radius 1 is 1.06 bits per heavy atom. The molecule has 1 aromatic heterocycles. The monoisotopic (exact) mass is 520 g/mol. The average molecular weight is 521 g/mol. The molecule has 1 amide bonds. The van der Waals surface area contributed by atoms with Gasteiger partial charge in [0.2, 0.25) is 15.9 Å². The van der Waals surface area contributed by atoms with Crippen molar-refractivity contribution in [2.24, 2.45) is 5.92 Å². The van der Waals surface area contributed by atoms with Crippen molar-refractivity contribution in [3.63, 3.8) is 0 Å². The van der Waals surface area contributed by atoms with Gasteiger partial charge in [0, 0.05) is 56.4 Å². The number of hydrogen-bond acceptors (Lipinski definition) is 7. The third-order valence-corrected chi connectivity index (χ3v) is 7.46. The predicted octanol–water partition coefficient (Wildman–Crippen LogP) is 2.25. The topological polar surface area (TPSA) is 112 Å². The summed E-state index contributed by atoms with van der Waals surface area (Å²) in [4.78, 5) is 23.8. The molecule has 3 N–H and O–H groups in total. The number of likely N-dealkylation sites (tertiary alicyclic amines) is 1. The van der Waals surface area contributed by atoms with Crippen LogP contribution in [0.25, 0.3) is 0 Å². The molecule has 190 valence electrons. The molecule has 0 unspecified atom stereocenters. The minimum atomic E-state index is -3.41. The van der Waals surface area contributed by atoms with Crippen LogP contribution in [0.3, 0.4) is 0 Å². The molecule has 35 heavy (non-hydrogen) atoms. The van der Waals surface area contributed by atoms with Crippen LogP contribution in [-0.4, -0.2) is 79.5 Å². The summed E-state index contributed by atoms with van der Waals surface area (Å²) in [6, 6.07) is 9.13. The van der Waals surface area contributed by atoms with E-state index in [0.717, 1.165) is 62.9 Å². The smallest absolute Gasteiger partial charge is 0.229 e. The fourth-order valence-corrected chi connectivity index (χ4v) is 5.56. The lowest BCUT2D eigenvalue weighted by atomic mass is 9.94. The first-order valence-electron chi connectivity index (χ1n) is 11.9. The molecule has 9 nitrogen and oxygen atoms in total. The van der Waals surface area contributed by atoms with Crippen molar-refractivity contribution in [1.29, 1.82) is 0 Å². The van der Waals surface area contributed by atoms with Crippen molar-refractivity contribution < 1.29 is 13.2 Å². The molecule has 0 atom stereocenters. The Morgan fingerprint density at radius 3 is 2.40 bits per heavy atom. The molecule has 2 fully saturated rings. The van der Waals surface area contributed by atoms with Crippen molar-refractivity contribution in [3.8, 4) is 0 Å². The van der Waals surface area contributed by atoms with Gasteiger partial charge in [-0.05, 0) is 61.3 Å². The van der Waals surface area contributed by atoms with Gasteiger partial charge >= 0.3 is 0 Å². The lowest BCUT2D eigenvalue weighted by molar-refractivity contribution is -0.139. The number of hydrogen-bond donors (Lipinski definition) is 2. The van der Waals surface area contributed by atoms with Crippen LogP contribution in [0.4, 0.5) is 11.5 Å². The number of carbonyl (C=O) groups excluding carboxylic acids is 1. The molecule has 11 heteroatoms. The number of anilines is 2. The van der Waals surface area contributed by atoms with E-state index in [2.05, 4.69) is 19.5 Å². The molecule has 0 spiro atoms. The van der Waals surface area contributed by atoms with E-state index < -0.39 is 10.0 Å². The van der Waals surface area contributed by atoms with Gasteiger partial charge in [-0.3, -0.25) is 19.3 Å². The zero-order valence-electron chi connectivity index (χ0n) is 20.0. The molecule has 0 saturated carbocycles. The number of sulfonamides is 1. The number of nitrogen functional groups attached to an aromatic ring is 1. The summed E-state index contributed by atoms with van der Waals surface area (Å²) in [5, 5.41) is 0.478. The van der Waals surface area contributed by atoms with Crippen LogP contribution >= 0.6 is 11.6 Å². The van der Waals surface area contributed by atoms with E-state index in [0.29, 0.717) is 36.2 Å². The van der Waals surface area contributed by atoms with Crippen molar-refractivity contribution in [3.05, 3.63) is 52.7 Å². The summed E-state index contributed by atoms with van der Waals surface area (Å²) in [7, 11) is -3.41. The van der Waals surface area contributed by atoms with Crippen LogP contribution in [0, 0.1) is 5.92 Å². The number of nitrogens with zero attached hydrogens (tertiary/aromatic N) is 4. The highest BCUT2D eigenvalue weighted by Crippen LogP contribution is 2.25. The minimum absolute atomic E-state index is 0.0714. The van der Waals surface area contributed by atoms with E-state index in [9.17, 15) is 13.2 Å². The molecule has 0 radical (unpaired) electrons. The first kappa shape index (κ1) is 25.7. The average Bonchev–Trinajstić information content (AvgIpc) is 2.80. The zero-order valence-corrected chi connectivity index (χ0v) is 21.6. The van der Waals surface area contributed by atoms with Gasteiger partial charge in [0.25, 0.3) is 0 Å². The van der Waals surface area contributed by atoms with Gasteiger partial charge in [-0.25, -0.2) is 13.4 Å². The fraction of sp³-hybridized carbons (Fsp3) is 0.500. The second-order valence-electron chi connectivity index (χ2n) is 9.42. The molecular formula is C24H33ClN6O3S. The van der Waals surface area contributed by atoms with Crippen LogP contribution in [-0.2, 0) is 27.9 Å². The standard InChI is InChI=1S/C24H33ClN6O3S/c1-35(33,34)28-22-15-21(25)3-2-20(22)17-30-10-12-31(13-11-30)24(32)19-5-8-29(9-6-19)16-18-4-7-27-23(26)14-18/h2-4,7,14-15,19,28H,5-6,8-13,16-17H2,1H3,(H2,26,27). The number of nitrogens with two attached hydrogens (primary N) is 1. The molecule has 0 bridgehead atoms. The highest BCUT2D eigenvalue weighted by Gasteiger charge is 2.30. The number of halogens is 1. The summed E-state index contributed by atoms with van der Waals surface area (Å²) in [5.41, 5.74) is 8.29. The normalized spacial score (nSPS) is 18.5. The van der Waals surface area contributed by atoms with Gasteiger partial charge in [0.05, 0.1) is 11.9 Å². The van der Waals surface area contributed by atoms with Gasteiger partial charge in [0.15, 0.2) is 0 Å². The molecule has 2 aliphatic rings. The van der Waals surface area contributed by atoms with E-state index in [1.165, 1.54) is 0 Å². The summed E-state index contributed by atoms with van der Waals surface area (Å²) in [6.45, 7) is 6.05. The van der Waals surface area contributed by atoms with Gasteiger partial charge < -0.3 is 10.6 Å². The number of carbonyl (C=O) groups is 1. The molecule has 2 aromatic rings. The van der Waals surface area contributed by atoms with E-state index in [1.54, 1.807) is 18.3 Å². The summed E-state index contributed by atoms with van der Waals surface area (Å²) >= 11 is 6.07. The lowest BCUT2D eigenvalue weighted by Gasteiger charge is -2.38. The molecule has 1 aromatic carbocycles. The Morgan fingerprint density at radius 2 is 1.74 bits per heavy atom. The third kappa shape index (κ3) is 7.30. The summed E-state index contributed by atoms with van der Waals surface area (Å²) < 4.78 is 26.0. The number of nitrogens with one attached hydrogen (secondary N) is 1. The second-order valence-corrected chi connectivity index (χ2v) is 11.6. The second kappa shape index (κ2) is 11.1. The van der Waals surface area contributed by atoms with Crippen LogP contribution in [0.15, 0.2) is 36.5 Å². The predicted molar refractivity (Wildman–Crippen MR) is 138 cm³/mol. The number of piperazine rings is 1. The van der Waals surface area contributed by atoms with Crippen LogP contribution in [0.1, 0.15) is 24.0 Å². The molecule has 0 aliphatic carbocycles. The number of amides is 1. The van der Waals surface area contributed by atoms with E-state index in [1.807, 2.05) is 23.1 Å². The first-order chi connectivity index (χ1) is 16.7. The van der Waals surface area contributed by atoms with Crippen molar-refractivity contribution in [1.82, 2.24) is 19.7 Å². The zero-order chi connectivity index (χ0) is 25.0. The van der Waals surface area contributed by atoms with Gasteiger partial charge in [0.1, 0.15) is 5.82 Å². The molecule has 2 aliphatic heterocycles. The Balaban J connectivity index is 1.25. The Hall–Kier alpha value is -2.40. The maximum Gasteiger partial charge on any atom is 0.229 e. The lowest BCUT2D eigenvalue weighted by Crippen LogP contribution is -2.51. The Kier molecular flexibility index (Phi) is 8.16. The van der Waals surface area contributed by atoms with Gasteiger partial charge in [-0.15, -0.1) is 0 Å². The maximum atomic E-state index is 13.1. The number of benzene rings is 1. The van der Waals surface area contributed by atoms with Crippen molar-refractivity contribution in [2.75, 3.05) is 56.0 Å². The fourth-order valence-electron chi connectivity index (χ4n) is 4.80. The summed E-state index contributed by atoms with van der Waals surface area (Å²) in [5.74, 6) is 0.858. The summed E-state index contributed by atoms with van der Waals surface area (Å²) in [6.07, 6.45) is 4.59. The van der Waals surface area contributed by atoms with Gasteiger partial charge in [-0.1, -0.05) is 17.7 Å². The van der Waals surface area contributed by atoms with E-state index in [-0.39, 0.29) is 11.8 Å². The van der Waals surface area contributed by atoms with E-state index >= 15 is 0 Å². The number of aromatic nitrogens is 1. The molecule has 3 heterocycles. The highest BCUT2D eigenvalue weighted by molar-refractivity contribution is 7.92. The maximum absolute atomic E-state index is 13.1. The number of rotatable bonds is 7. The number of piperidine rings is 1. The van der Waals surface area contributed by atoms with E-state index in [4.69, 9.17) is 17.3 Å². The molecular weight excluding hydrogens is 488 g/mol. The van der Waals surface area contributed by atoms with Crippen molar-refractivity contribution in [2.45, 2.75) is 25.9 Å². The van der Waals surface area contributed by atoms with Gasteiger partial charge in [-0.2, -0.15) is 0 Å². The van der Waals surface area contributed by atoms with Crippen molar-refractivity contribution >= 4 is 39.0 Å². The first-order valence-corrected chi connectivity index (χ1v) is 14.1. The quantitative estimate of drug-likeness (QED) is 0.575. The molecule has 2 saturated heterocycles. The SMILES string of the molecule is CS(=O)(=O)Nc1cc(Cl)ccc1CN1CCN(C(=O)C2CCN(Cc3ccnc(N)c3)CC2)CC1. The Labute approximate surface area is 212 Å². The largest absolute Gasteiger partial charge is 0.384 e. The van der Waals surface area contributed by atoms with Crippen LogP contribution < -0.4 is 10.5 Å². The van der Waals surface area contributed by atoms with Crippen LogP contribution in [0.5, 0.6) is 0 Å². The molecule has 4 rings (SSSR count). The number of pyridine rings is 1. The third-order valence-electron chi connectivity index (χ3n) is 6.63. The highest BCUT2D eigenvalue weighted by atomic mass is 35.5.